The first-order valence-electron chi connectivity index (χ1n) is 3.72. The van der Waals surface area contributed by atoms with Gasteiger partial charge in [0.25, 0.3) is 0 Å². The second-order valence-corrected chi connectivity index (χ2v) is 6.16. The van der Waals surface area contributed by atoms with Gasteiger partial charge in [0.15, 0.2) is 3.92 Å². The zero-order valence-corrected chi connectivity index (χ0v) is 10.4. The van der Waals surface area contributed by atoms with Gasteiger partial charge in [-0.2, -0.15) is 0 Å². The third-order valence-electron chi connectivity index (χ3n) is 1.62. The quantitative estimate of drug-likeness (QED) is 0.794. The van der Waals surface area contributed by atoms with Crippen LogP contribution in [0.1, 0.15) is 9.88 Å². The number of nitrogens with zero attached hydrogens (tertiary/aromatic N) is 2. The van der Waals surface area contributed by atoms with Gasteiger partial charge in [-0.3, -0.25) is 0 Å². The molecule has 2 aromatic heterocycles. The molecule has 13 heavy (non-hydrogen) atoms. The molecule has 0 aliphatic carbocycles. The van der Waals surface area contributed by atoms with E-state index in [2.05, 4.69) is 32.8 Å². The van der Waals surface area contributed by atoms with Crippen LogP contribution in [0.3, 0.4) is 0 Å². The predicted octanol–water partition coefficient (Wildman–Crippen LogP) is 3.65. The van der Waals surface area contributed by atoms with Gasteiger partial charge in [-0.05, 0) is 29.8 Å². The molecule has 0 N–H and O–H groups in total. The lowest BCUT2D eigenvalue weighted by Crippen LogP contribution is -1.79. The van der Waals surface area contributed by atoms with Crippen LogP contribution >= 0.6 is 38.6 Å². The minimum absolute atomic E-state index is 0.910. The van der Waals surface area contributed by atoms with Crippen LogP contribution in [0.4, 0.5) is 0 Å². The smallest absolute Gasteiger partial charge is 0.159 e. The van der Waals surface area contributed by atoms with E-state index in [0.29, 0.717) is 0 Å². The van der Waals surface area contributed by atoms with Crippen LogP contribution in [0.15, 0.2) is 9.30 Å². The maximum absolute atomic E-state index is 4.44. The fraction of sp³-hybridized carbons (Fsp3) is 0.250. The number of hydrogen-bond donors (Lipinski definition) is 0. The molecule has 2 nitrogen and oxygen atoms in total. The monoisotopic (exact) mass is 274 g/mol. The van der Waals surface area contributed by atoms with Crippen molar-refractivity contribution in [2.24, 2.45) is 0 Å². The van der Waals surface area contributed by atoms with Crippen molar-refractivity contribution in [3.05, 3.63) is 19.2 Å². The fourth-order valence-electron chi connectivity index (χ4n) is 1.13. The molecule has 0 amide bonds. The van der Waals surface area contributed by atoms with Crippen molar-refractivity contribution in [3.63, 3.8) is 0 Å². The maximum Gasteiger partial charge on any atom is 0.159 e. The van der Waals surface area contributed by atoms with Gasteiger partial charge in [0.1, 0.15) is 11.4 Å². The molecule has 0 radical (unpaired) electrons. The predicted molar refractivity (Wildman–Crippen MR) is 60.4 cm³/mol. The van der Waals surface area contributed by atoms with Gasteiger partial charge in [0, 0.05) is 10.3 Å². The zero-order valence-electron chi connectivity index (χ0n) is 7.17. The van der Waals surface area contributed by atoms with Crippen molar-refractivity contribution in [3.8, 4) is 11.4 Å². The lowest BCUT2D eigenvalue weighted by atomic mass is 10.3. The molecule has 5 heteroatoms. The van der Waals surface area contributed by atoms with Crippen molar-refractivity contribution < 1.29 is 0 Å². The van der Waals surface area contributed by atoms with Crippen LogP contribution < -0.4 is 0 Å². The van der Waals surface area contributed by atoms with E-state index in [1.165, 1.54) is 4.88 Å². The van der Waals surface area contributed by atoms with E-state index in [9.17, 15) is 0 Å². The molecule has 0 saturated heterocycles. The highest BCUT2D eigenvalue weighted by molar-refractivity contribution is 9.11. The summed E-state index contributed by atoms with van der Waals surface area (Å²) in [4.78, 5) is 10.0. The summed E-state index contributed by atoms with van der Waals surface area (Å²) in [6.45, 7) is 4.09. The Kier molecular flexibility index (Phi) is 2.49. The molecular weight excluding hydrogens is 268 g/mol. The Balaban J connectivity index is 2.51. The molecule has 68 valence electrons. The first kappa shape index (κ1) is 9.30. The van der Waals surface area contributed by atoms with E-state index in [4.69, 9.17) is 0 Å². The summed E-state index contributed by atoms with van der Waals surface area (Å²) in [5.74, 6) is 0. The molecule has 0 aromatic carbocycles. The molecule has 2 rings (SSSR count). The lowest BCUT2D eigenvalue weighted by molar-refractivity contribution is 1.25. The Bertz CT molecular complexity index is 433. The molecule has 0 fully saturated rings. The molecule has 0 aliphatic heterocycles. The van der Waals surface area contributed by atoms with Crippen LogP contribution in [-0.4, -0.2) is 9.97 Å². The minimum Gasteiger partial charge on any atom is -0.240 e. The highest BCUT2D eigenvalue weighted by Gasteiger charge is 2.10. The highest BCUT2D eigenvalue weighted by Crippen LogP contribution is 2.29. The van der Waals surface area contributed by atoms with Gasteiger partial charge in [-0.1, -0.05) is 0 Å². The topological polar surface area (TPSA) is 25.8 Å². The third-order valence-corrected chi connectivity index (χ3v) is 3.87. The van der Waals surface area contributed by atoms with E-state index in [0.717, 1.165) is 20.3 Å². The van der Waals surface area contributed by atoms with E-state index in [-0.39, 0.29) is 0 Å². The molecule has 2 aromatic rings. The Hall–Kier alpha value is -0.260. The number of thiazole rings is 2. The minimum atomic E-state index is 0.910. The van der Waals surface area contributed by atoms with Crippen LogP contribution in [0.25, 0.3) is 11.4 Å². The largest absolute Gasteiger partial charge is 0.240 e. The summed E-state index contributed by atoms with van der Waals surface area (Å²) >= 11 is 6.64. The van der Waals surface area contributed by atoms with Crippen molar-refractivity contribution in [1.29, 1.82) is 0 Å². The summed E-state index contributed by atoms with van der Waals surface area (Å²) in [5.41, 5.74) is 1.99. The van der Waals surface area contributed by atoms with E-state index >= 15 is 0 Å². The first-order valence-corrected chi connectivity index (χ1v) is 6.21. The normalized spacial score (nSPS) is 10.7. The van der Waals surface area contributed by atoms with Crippen LogP contribution in [0, 0.1) is 13.8 Å². The number of aromatic nitrogens is 2. The van der Waals surface area contributed by atoms with Crippen molar-refractivity contribution >= 4 is 38.6 Å². The maximum atomic E-state index is 4.44. The molecular formula is C8H7BrN2S2. The van der Waals surface area contributed by atoms with Crippen molar-refractivity contribution in [2.45, 2.75) is 13.8 Å². The zero-order chi connectivity index (χ0) is 9.42. The molecule has 0 saturated carbocycles. The summed E-state index contributed by atoms with van der Waals surface area (Å²) < 4.78 is 0.910. The van der Waals surface area contributed by atoms with E-state index in [1.54, 1.807) is 22.7 Å². The Morgan fingerprint density at radius 2 is 2.08 bits per heavy atom. The second kappa shape index (κ2) is 3.48. The summed E-state index contributed by atoms with van der Waals surface area (Å²) in [6, 6.07) is 0. The second-order valence-electron chi connectivity index (χ2n) is 2.62. The van der Waals surface area contributed by atoms with Crippen LogP contribution in [0.5, 0.6) is 0 Å². The number of aryl methyl sites for hydroxylation is 2. The van der Waals surface area contributed by atoms with Crippen LogP contribution in [-0.2, 0) is 0 Å². The molecule has 2 heterocycles. The summed E-state index contributed by atoms with van der Waals surface area (Å²) in [7, 11) is 0. The van der Waals surface area contributed by atoms with Gasteiger partial charge in [0.05, 0.1) is 5.01 Å². The van der Waals surface area contributed by atoms with Gasteiger partial charge in [-0.15, -0.1) is 22.7 Å². The van der Waals surface area contributed by atoms with Crippen LogP contribution in [0.2, 0.25) is 0 Å². The Morgan fingerprint density at radius 1 is 1.31 bits per heavy atom. The third kappa shape index (κ3) is 1.82. The van der Waals surface area contributed by atoms with Gasteiger partial charge < -0.3 is 0 Å². The molecule has 0 spiro atoms. The van der Waals surface area contributed by atoms with Gasteiger partial charge in [-0.25, -0.2) is 9.97 Å². The Labute approximate surface area is 92.8 Å². The summed E-state index contributed by atoms with van der Waals surface area (Å²) in [5, 5.41) is 3.11. The fourth-order valence-corrected chi connectivity index (χ4v) is 2.95. The Morgan fingerprint density at radius 3 is 2.54 bits per heavy atom. The highest BCUT2D eigenvalue weighted by atomic mass is 79.9. The number of hydrogen-bond acceptors (Lipinski definition) is 4. The van der Waals surface area contributed by atoms with E-state index < -0.39 is 0 Å². The SMILES string of the molecule is Cc1nc(-c2csc(Br)n2)c(C)s1. The van der Waals surface area contributed by atoms with Crippen molar-refractivity contribution in [1.82, 2.24) is 9.97 Å². The molecule has 0 unspecified atom stereocenters. The standard InChI is InChI=1S/C8H7BrN2S2/c1-4-7(10-5(2)13-4)6-3-12-8(9)11-6/h3H,1-2H3. The van der Waals surface area contributed by atoms with Gasteiger partial charge in [0.2, 0.25) is 0 Å². The van der Waals surface area contributed by atoms with E-state index in [1.807, 2.05) is 12.3 Å². The average molecular weight is 275 g/mol. The molecule has 0 bridgehead atoms. The summed E-state index contributed by atoms with van der Waals surface area (Å²) in [6.07, 6.45) is 0. The first-order chi connectivity index (χ1) is 6.16. The lowest BCUT2D eigenvalue weighted by Gasteiger charge is -1.89. The molecule has 0 atom stereocenters. The van der Waals surface area contributed by atoms with Crippen molar-refractivity contribution in [2.75, 3.05) is 0 Å². The average Bonchev–Trinajstić information content (AvgIpc) is 2.58. The van der Waals surface area contributed by atoms with Gasteiger partial charge >= 0.3 is 0 Å². The molecule has 0 aliphatic rings. The number of halogens is 1. The number of rotatable bonds is 1.